The first kappa shape index (κ1) is 9.86. The zero-order valence-corrected chi connectivity index (χ0v) is 9.18. The van der Waals surface area contributed by atoms with Crippen LogP contribution in [0.5, 0.6) is 0 Å². The van der Waals surface area contributed by atoms with Crippen molar-refractivity contribution >= 4 is 35.1 Å². The molecular formula is C8H11ClN4S. The van der Waals surface area contributed by atoms with E-state index in [0.717, 1.165) is 30.4 Å². The van der Waals surface area contributed by atoms with Gasteiger partial charge in [-0.05, 0) is 0 Å². The summed E-state index contributed by atoms with van der Waals surface area (Å²) in [6, 6.07) is 1.76. The molecule has 0 spiro atoms. The van der Waals surface area contributed by atoms with Crippen molar-refractivity contribution < 1.29 is 0 Å². The predicted molar refractivity (Wildman–Crippen MR) is 61.0 cm³/mol. The molecule has 1 aliphatic rings. The van der Waals surface area contributed by atoms with Gasteiger partial charge in [-0.25, -0.2) is 4.98 Å². The monoisotopic (exact) mass is 230 g/mol. The average molecular weight is 231 g/mol. The van der Waals surface area contributed by atoms with Gasteiger partial charge in [-0.15, -0.1) is 0 Å². The van der Waals surface area contributed by atoms with Gasteiger partial charge in [-0.1, -0.05) is 11.6 Å². The molecule has 0 aromatic carbocycles. The Morgan fingerprint density at radius 3 is 2.71 bits per heavy atom. The molecule has 2 rings (SSSR count). The van der Waals surface area contributed by atoms with Crippen molar-refractivity contribution in [1.82, 2.24) is 9.97 Å². The number of nitrogen functional groups attached to an aromatic ring is 1. The van der Waals surface area contributed by atoms with Crippen molar-refractivity contribution in [3.05, 3.63) is 11.2 Å². The maximum atomic E-state index is 5.81. The van der Waals surface area contributed by atoms with Crippen LogP contribution in [0.2, 0.25) is 5.15 Å². The summed E-state index contributed by atoms with van der Waals surface area (Å²) in [7, 11) is 0. The maximum Gasteiger partial charge on any atom is 0.223 e. The van der Waals surface area contributed by atoms with E-state index < -0.39 is 0 Å². The van der Waals surface area contributed by atoms with E-state index >= 15 is 0 Å². The van der Waals surface area contributed by atoms with Gasteiger partial charge in [-0.2, -0.15) is 16.7 Å². The highest BCUT2D eigenvalue weighted by molar-refractivity contribution is 7.99. The Kier molecular flexibility index (Phi) is 2.98. The van der Waals surface area contributed by atoms with Crippen LogP contribution in [0.25, 0.3) is 0 Å². The summed E-state index contributed by atoms with van der Waals surface area (Å²) < 4.78 is 0. The molecule has 6 heteroatoms. The largest absolute Gasteiger partial charge is 0.368 e. The minimum atomic E-state index is 0.241. The molecule has 1 aliphatic heterocycles. The fourth-order valence-electron chi connectivity index (χ4n) is 1.38. The molecule has 1 aromatic heterocycles. The fourth-order valence-corrected chi connectivity index (χ4v) is 2.46. The first-order valence-corrected chi connectivity index (χ1v) is 5.92. The molecule has 1 fully saturated rings. The predicted octanol–water partition coefficient (Wildman–Crippen LogP) is 1.27. The molecule has 0 atom stereocenters. The summed E-state index contributed by atoms with van der Waals surface area (Å²) in [6.45, 7) is 1.99. The van der Waals surface area contributed by atoms with Gasteiger partial charge in [0.05, 0.1) is 0 Å². The van der Waals surface area contributed by atoms with E-state index in [1.807, 2.05) is 11.8 Å². The number of aromatic nitrogens is 2. The third kappa shape index (κ3) is 2.22. The number of nitrogens with zero attached hydrogens (tertiary/aromatic N) is 3. The molecular weight excluding hydrogens is 220 g/mol. The topological polar surface area (TPSA) is 55.0 Å². The SMILES string of the molecule is Nc1nc(Cl)cc(N2CCSCC2)n1. The lowest BCUT2D eigenvalue weighted by molar-refractivity contribution is 0.837. The van der Waals surface area contributed by atoms with Crippen LogP contribution in [0.4, 0.5) is 11.8 Å². The number of anilines is 2. The molecule has 0 saturated carbocycles. The molecule has 1 aromatic rings. The molecule has 0 aliphatic carbocycles. The quantitative estimate of drug-likeness (QED) is 0.737. The number of thioether (sulfide) groups is 1. The number of rotatable bonds is 1. The van der Waals surface area contributed by atoms with Crippen LogP contribution >= 0.6 is 23.4 Å². The lowest BCUT2D eigenvalue weighted by atomic mass is 10.4. The Hall–Kier alpha value is -0.680. The van der Waals surface area contributed by atoms with E-state index in [9.17, 15) is 0 Å². The van der Waals surface area contributed by atoms with Gasteiger partial charge in [-0.3, -0.25) is 0 Å². The third-order valence-electron chi connectivity index (χ3n) is 2.03. The van der Waals surface area contributed by atoms with Gasteiger partial charge >= 0.3 is 0 Å². The lowest BCUT2D eigenvalue weighted by Crippen LogP contribution is -2.33. The number of halogens is 1. The zero-order valence-electron chi connectivity index (χ0n) is 7.61. The Labute approximate surface area is 91.9 Å². The molecule has 76 valence electrons. The second-order valence-electron chi connectivity index (χ2n) is 3.01. The van der Waals surface area contributed by atoms with Gasteiger partial charge in [0.2, 0.25) is 5.95 Å². The summed E-state index contributed by atoms with van der Waals surface area (Å²) in [5.74, 6) is 3.33. The Morgan fingerprint density at radius 1 is 1.36 bits per heavy atom. The summed E-state index contributed by atoms with van der Waals surface area (Å²) >= 11 is 7.76. The van der Waals surface area contributed by atoms with Crippen molar-refractivity contribution in [2.45, 2.75) is 0 Å². The summed E-state index contributed by atoms with van der Waals surface area (Å²) in [4.78, 5) is 10.2. The minimum absolute atomic E-state index is 0.241. The number of hydrogen-bond acceptors (Lipinski definition) is 5. The highest BCUT2D eigenvalue weighted by Crippen LogP contribution is 2.20. The Bertz CT molecular complexity index is 307. The third-order valence-corrected chi connectivity index (χ3v) is 3.17. The smallest absolute Gasteiger partial charge is 0.223 e. The summed E-state index contributed by atoms with van der Waals surface area (Å²) in [5, 5.41) is 0.408. The van der Waals surface area contributed by atoms with Crippen LogP contribution < -0.4 is 10.6 Å². The molecule has 2 N–H and O–H groups in total. The second kappa shape index (κ2) is 4.23. The summed E-state index contributed by atoms with van der Waals surface area (Å²) in [5.41, 5.74) is 5.53. The molecule has 4 nitrogen and oxygen atoms in total. The van der Waals surface area contributed by atoms with Crippen molar-refractivity contribution in [3.63, 3.8) is 0 Å². The van der Waals surface area contributed by atoms with Crippen LogP contribution in [-0.4, -0.2) is 34.6 Å². The van der Waals surface area contributed by atoms with E-state index in [1.54, 1.807) is 6.07 Å². The molecule has 0 unspecified atom stereocenters. The highest BCUT2D eigenvalue weighted by Gasteiger charge is 2.13. The molecule has 0 amide bonds. The Morgan fingerprint density at radius 2 is 2.07 bits per heavy atom. The molecule has 0 radical (unpaired) electrons. The van der Waals surface area contributed by atoms with Crippen molar-refractivity contribution in [2.24, 2.45) is 0 Å². The van der Waals surface area contributed by atoms with Crippen LogP contribution in [0.15, 0.2) is 6.07 Å². The highest BCUT2D eigenvalue weighted by atomic mass is 35.5. The molecule has 0 bridgehead atoms. The van der Waals surface area contributed by atoms with E-state index in [1.165, 1.54) is 0 Å². The van der Waals surface area contributed by atoms with Crippen molar-refractivity contribution in [2.75, 3.05) is 35.2 Å². The molecule has 1 saturated heterocycles. The van der Waals surface area contributed by atoms with Gasteiger partial charge in [0.1, 0.15) is 11.0 Å². The van der Waals surface area contributed by atoms with Crippen LogP contribution in [0.1, 0.15) is 0 Å². The average Bonchev–Trinajstić information content (AvgIpc) is 2.18. The van der Waals surface area contributed by atoms with Crippen molar-refractivity contribution in [1.29, 1.82) is 0 Å². The van der Waals surface area contributed by atoms with Crippen LogP contribution in [-0.2, 0) is 0 Å². The summed E-state index contributed by atoms with van der Waals surface area (Å²) in [6.07, 6.45) is 0. The van der Waals surface area contributed by atoms with Gasteiger partial charge in [0.15, 0.2) is 0 Å². The minimum Gasteiger partial charge on any atom is -0.368 e. The van der Waals surface area contributed by atoms with E-state index in [4.69, 9.17) is 17.3 Å². The lowest BCUT2D eigenvalue weighted by Gasteiger charge is -2.27. The zero-order chi connectivity index (χ0) is 9.97. The molecule has 2 heterocycles. The van der Waals surface area contributed by atoms with E-state index in [0.29, 0.717) is 5.15 Å². The molecule has 14 heavy (non-hydrogen) atoms. The fraction of sp³-hybridized carbons (Fsp3) is 0.500. The van der Waals surface area contributed by atoms with Gasteiger partial charge < -0.3 is 10.6 Å². The number of nitrogens with two attached hydrogens (primary N) is 1. The van der Waals surface area contributed by atoms with E-state index in [2.05, 4.69) is 14.9 Å². The maximum absolute atomic E-state index is 5.81. The first-order valence-electron chi connectivity index (χ1n) is 4.38. The van der Waals surface area contributed by atoms with Gasteiger partial charge in [0, 0.05) is 30.7 Å². The van der Waals surface area contributed by atoms with Crippen LogP contribution in [0.3, 0.4) is 0 Å². The Balaban J connectivity index is 2.21. The number of hydrogen-bond donors (Lipinski definition) is 1. The van der Waals surface area contributed by atoms with Gasteiger partial charge in [0.25, 0.3) is 0 Å². The van der Waals surface area contributed by atoms with E-state index in [-0.39, 0.29) is 5.95 Å². The standard InChI is InChI=1S/C8H11ClN4S/c9-6-5-7(12-8(10)11-6)13-1-3-14-4-2-13/h5H,1-4H2,(H2,10,11,12). The van der Waals surface area contributed by atoms with Crippen LogP contribution in [0, 0.1) is 0 Å². The van der Waals surface area contributed by atoms with Crippen molar-refractivity contribution in [3.8, 4) is 0 Å². The first-order chi connectivity index (χ1) is 6.75. The normalized spacial score (nSPS) is 17.1. The second-order valence-corrected chi connectivity index (χ2v) is 4.62.